The van der Waals surface area contributed by atoms with Crippen LogP contribution in [0, 0.1) is 19.3 Å². The quantitative estimate of drug-likeness (QED) is 0.806. The smallest absolute Gasteiger partial charge is 0.319 e. The molecular weight excluding hydrogens is 298 g/mol. The monoisotopic (exact) mass is 315 g/mol. The zero-order valence-corrected chi connectivity index (χ0v) is 13.1. The number of nitrogens with one attached hydrogen (secondary N) is 2. The van der Waals surface area contributed by atoms with Crippen molar-refractivity contribution < 1.29 is 9.53 Å². The molecule has 22 heavy (non-hydrogen) atoms. The second kappa shape index (κ2) is 8.05. The minimum Gasteiger partial charge on any atom is -0.481 e. The van der Waals surface area contributed by atoms with E-state index in [9.17, 15) is 4.79 Å². The highest BCUT2D eigenvalue weighted by atomic mass is 32.1. The van der Waals surface area contributed by atoms with Gasteiger partial charge in [0.25, 0.3) is 0 Å². The lowest BCUT2D eigenvalue weighted by molar-refractivity contribution is 0.252. The second-order valence-electron chi connectivity index (χ2n) is 4.52. The van der Waals surface area contributed by atoms with Gasteiger partial charge in [0.05, 0.1) is 5.01 Å². The average molecular weight is 315 g/mol. The average Bonchev–Trinajstić information content (AvgIpc) is 2.91. The summed E-state index contributed by atoms with van der Waals surface area (Å²) in [6.07, 6.45) is 7.70. The van der Waals surface area contributed by atoms with Crippen molar-refractivity contribution in [3.05, 3.63) is 40.3 Å². The van der Waals surface area contributed by atoms with E-state index in [1.54, 1.807) is 35.6 Å². The maximum Gasteiger partial charge on any atom is 0.319 e. The van der Waals surface area contributed by atoms with E-state index in [0.29, 0.717) is 18.0 Å². The Kier molecular flexibility index (Phi) is 5.81. The number of urea groups is 1. The Morgan fingerprint density at radius 2 is 2.36 bits per heavy atom. The number of hydrogen-bond acceptors (Lipinski definition) is 4. The van der Waals surface area contributed by atoms with Crippen molar-refractivity contribution >= 4 is 23.1 Å². The number of aromatic nitrogens is 1. The molecule has 0 unspecified atom stereocenters. The normalized spacial score (nSPS) is 9.82. The van der Waals surface area contributed by atoms with Crippen LogP contribution in [0.3, 0.4) is 0 Å². The van der Waals surface area contributed by atoms with Crippen LogP contribution in [-0.2, 0) is 6.42 Å². The number of amides is 2. The van der Waals surface area contributed by atoms with Crippen LogP contribution in [0.1, 0.15) is 9.88 Å². The molecule has 0 bridgehead atoms. The summed E-state index contributed by atoms with van der Waals surface area (Å²) < 4.78 is 5.30. The molecule has 2 amide bonds. The van der Waals surface area contributed by atoms with Gasteiger partial charge in [-0.05, 0) is 19.1 Å². The third-order valence-corrected chi connectivity index (χ3v) is 3.68. The van der Waals surface area contributed by atoms with Crippen molar-refractivity contribution in [1.29, 1.82) is 0 Å². The highest BCUT2D eigenvalue weighted by Gasteiger charge is 2.04. The maximum atomic E-state index is 11.8. The summed E-state index contributed by atoms with van der Waals surface area (Å²) >= 11 is 1.64. The van der Waals surface area contributed by atoms with Crippen molar-refractivity contribution in [3.63, 3.8) is 0 Å². The van der Waals surface area contributed by atoms with Crippen LogP contribution < -0.4 is 15.4 Å². The Balaban J connectivity index is 1.78. The molecule has 1 aromatic heterocycles. The van der Waals surface area contributed by atoms with Gasteiger partial charge in [-0.1, -0.05) is 12.0 Å². The van der Waals surface area contributed by atoms with Gasteiger partial charge in [-0.25, -0.2) is 9.78 Å². The number of ether oxygens (including phenoxy) is 1. The van der Waals surface area contributed by atoms with Crippen LogP contribution in [0.25, 0.3) is 0 Å². The van der Waals surface area contributed by atoms with E-state index in [0.717, 1.165) is 11.4 Å². The van der Waals surface area contributed by atoms with Crippen LogP contribution in [0.4, 0.5) is 10.5 Å². The van der Waals surface area contributed by atoms with Gasteiger partial charge in [-0.3, -0.25) is 0 Å². The highest BCUT2D eigenvalue weighted by Crippen LogP contribution is 2.17. The van der Waals surface area contributed by atoms with E-state index in [2.05, 4.69) is 21.5 Å². The number of carbonyl (C=O) groups excluding carboxylic acids is 1. The Labute approximate surface area is 133 Å². The van der Waals surface area contributed by atoms with Gasteiger partial charge in [-0.2, -0.15) is 0 Å². The maximum absolute atomic E-state index is 11.8. The van der Waals surface area contributed by atoms with Gasteiger partial charge in [-0.15, -0.1) is 17.8 Å². The molecule has 0 aliphatic carbocycles. The molecule has 2 N–H and O–H groups in total. The first kappa shape index (κ1) is 15.9. The number of benzene rings is 1. The fraction of sp³-hybridized carbons (Fsp3) is 0.250. The minimum atomic E-state index is -0.262. The largest absolute Gasteiger partial charge is 0.481 e. The van der Waals surface area contributed by atoms with Crippen molar-refractivity contribution in [1.82, 2.24) is 10.3 Å². The molecule has 0 spiro atoms. The zero-order valence-electron chi connectivity index (χ0n) is 12.3. The lowest BCUT2D eigenvalue weighted by Gasteiger charge is -2.08. The Morgan fingerprint density at radius 1 is 1.50 bits per heavy atom. The summed E-state index contributed by atoms with van der Waals surface area (Å²) in [5.74, 6) is 3.01. The Hall–Kier alpha value is -2.52. The molecule has 0 saturated heterocycles. The third kappa shape index (κ3) is 5.11. The van der Waals surface area contributed by atoms with Crippen molar-refractivity contribution in [3.8, 4) is 18.1 Å². The van der Waals surface area contributed by atoms with E-state index in [4.69, 9.17) is 11.2 Å². The van der Waals surface area contributed by atoms with E-state index in [1.165, 1.54) is 4.88 Å². The number of terminal acetylenes is 1. The molecule has 5 nitrogen and oxygen atoms in total. The molecule has 1 aromatic carbocycles. The first-order valence-corrected chi connectivity index (χ1v) is 7.61. The van der Waals surface area contributed by atoms with Crippen LogP contribution >= 0.6 is 11.3 Å². The minimum absolute atomic E-state index is 0.197. The number of carbonyl (C=O) groups is 1. The van der Waals surface area contributed by atoms with Gasteiger partial charge in [0.15, 0.2) is 0 Å². The van der Waals surface area contributed by atoms with Gasteiger partial charge >= 0.3 is 6.03 Å². The number of nitrogens with zero attached hydrogens (tertiary/aromatic N) is 1. The fourth-order valence-corrected chi connectivity index (χ4v) is 2.55. The van der Waals surface area contributed by atoms with Crippen LogP contribution in [-0.4, -0.2) is 24.2 Å². The molecule has 0 aliphatic rings. The summed E-state index contributed by atoms with van der Waals surface area (Å²) in [6.45, 7) is 2.74. The van der Waals surface area contributed by atoms with Gasteiger partial charge in [0, 0.05) is 35.8 Å². The van der Waals surface area contributed by atoms with E-state index >= 15 is 0 Å². The first-order valence-electron chi connectivity index (χ1n) is 6.80. The first-order chi connectivity index (χ1) is 10.7. The number of thiazole rings is 1. The summed E-state index contributed by atoms with van der Waals surface area (Å²) in [5, 5.41) is 6.56. The highest BCUT2D eigenvalue weighted by molar-refractivity contribution is 7.11. The number of rotatable bonds is 6. The van der Waals surface area contributed by atoms with Crippen LogP contribution in [0.5, 0.6) is 5.75 Å². The standard InChI is InChI=1S/C16H17N3O2S/c1-3-9-21-14-6-4-5-13(10-14)19-16(20)17-8-7-15-18-11-12(2)22-15/h1,4-6,10-11H,7-9H2,2H3,(H2,17,19,20). The van der Waals surface area contributed by atoms with E-state index in [-0.39, 0.29) is 12.6 Å². The number of aryl methyl sites for hydroxylation is 1. The van der Waals surface area contributed by atoms with Gasteiger partial charge in [0.2, 0.25) is 0 Å². The lowest BCUT2D eigenvalue weighted by Crippen LogP contribution is -2.30. The number of hydrogen-bond donors (Lipinski definition) is 2. The van der Waals surface area contributed by atoms with Gasteiger partial charge < -0.3 is 15.4 Å². The molecule has 0 atom stereocenters. The molecule has 0 aliphatic heterocycles. The second-order valence-corrected chi connectivity index (χ2v) is 5.84. The molecule has 1 heterocycles. The predicted molar refractivity (Wildman–Crippen MR) is 88.3 cm³/mol. The molecule has 6 heteroatoms. The molecular formula is C16H17N3O2S. The predicted octanol–water partition coefficient (Wildman–Crippen LogP) is 2.83. The Morgan fingerprint density at radius 3 is 3.09 bits per heavy atom. The molecule has 0 saturated carbocycles. The van der Waals surface area contributed by atoms with Gasteiger partial charge in [0.1, 0.15) is 12.4 Å². The Bertz CT molecular complexity index is 676. The molecule has 0 radical (unpaired) electrons. The molecule has 2 rings (SSSR count). The van der Waals surface area contributed by atoms with Crippen molar-refractivity contribution in [2.24, 2.45) is 0 Å². The van der Waals surface area contributed by atoms with Crippen LogP contribution in [0.15, 0.2) is 30.5 Å². The lowest BCUT2D eigenvalue weighted by atomic mass is 10.3. The fourth-order valence-electron chi connectivity index (χ4n) is 1.76. The third-order valence-electron chi connectivity index (χ3n) is 2.71. The summed E-state index contributed by atoms with van der Waals surface area (Å²) in [6, 6.07) is 6.82. The SMILES string of the molecule is C#CCOc1cccc(NC(=O)NCCc2ncc(C)s2)c1. The molecule has 2 aromatic rings. The van der Waals surface area contributed by atoms with Crippen molar-refractivity contribution in [2.45, 2.75) is 13.3 Å². The van der Waals surface area contributed by atoms with E-state index < -0.39 is 0 Å². The number of anilines is 1. The van der Waals surface area contributed by atoms with Crippen molar-refractivity contribution in [2.75, 3.05) is 18.5 Å². The summed E-state index contributed by atoms with van der Waals surface area (Å²) in [7, 11) is 0. The topological polar surface area (TPSA) is 63.2 Å². The summed E-state index contributed by atoms with van der Waals surface area (Å²) in [4.78, 5) is 17.2. The summed E-state index contributed by atoms with van der Waals surface area (Å²) in [5.41, 5.74) is 0.650. The molecule has 114 valence electrons. The van der Waals surface area contributed by atoms with Crippen LogP contribution in [0.2, 0.25) is 0 Å². The van der Waals surface area contributed by atoms with E-state index in [1.807, 2.05) is 13.1 Å². The zero-order chi connectivity index (χ0) is 15.8. The molecule has 0 fully saturated rings.